The zero-order valence-corrected chi connectivity index (χ0v) is 19.4. The van der Waals surface area contributed by atoms with E-state index < -0.39 is 0 Å². The van der Waals surface area contributed by atoms with Gasteiger partial charge in [-0.2, -0.15) is 0 Å². The van der Waals surface area contributed by atoms with E-state index in [-0.39, 0.29) is 23.9 Å². The molecule has 5 nitrogen and oxygen atoms in total. The molecular formula is C24H34FN3O2S. The highest BCUT2D eigenvalue weighted by Gasteiger charge is 2.23. The molecule has 0 aliphatic carbocycles. The summed E-state index contributed by atoms with van der Waals surface area (Å²) in [5.74, 6) is -0.286. The number of carbonyl (C=O) groups is 1. The average molecular weight is 448 g/mol. The summed E-state index contributed by atoms with van der Waals surface area (Å²) in [6.45, 7) is 10.3. The molecule has 0 bridgehead atoms. The van der Waals surface area contributed by atoms with Gasteiger partial charge in [0.1, 0.15) is 5.82 Å². The molecule has 170 valence electrons. The van der Waals surface area contributed by atoms with E-state index in [1.807, 2.05) is 17.5 Å². The fourth-order valence-corrected chi connectivity index (χ4v) is 4.76. The summed E-state index contributed by atoms with van der Waals surface area (Å²) >= 11 is 1.59. The van der Waals surface area contributed by atoms with E-state index in [0.29, 0.717) is 6.54 Å². The van der Waals surface area contributed by atoms with Gasteiger partial charge in [0.2, 0.25) is 5.91 Å². The molecule has 1 amide bonds. The number of hydrogen-bond donors (Lipinski definition) is 1. The van der Waals surface area contributed by atoms with Gasteiger partial charge in [0, 0.05) is 24.5 Å². The standard InChI is InChI=1S/C24H34FN3O2S/c1-3-27(4-2)15-16-30-21-11-13-28(14-12-21)18-23(29)26-24(22-6-5-17-31-22)19-7-9-20(25)10-8-19/h5-10,17,21,24H,3-4,11-16,18H2,1-2H3,(H,26,29)/t24-/m1/s1. The highest BCUT2D eigenvalue weighted by atomic mass is 32.1. The molecule has 0 spiro atoms. The van der Waals surface area contributed by atoms with E-state index in [0.717, 1.165) is 62.6 Å². The van der Waals surface area contributed by atoms with Gasteiger partial charge in [0.05, 0.1) is 25.3 Å². The summed E-state index contributed by atoms with van der Waals surface area (Å²) in [5.41, 5.74) is 0.887. The Bertz CT molecular complexity index is 773. The predicted octanol–water partition coefficient (Wildman–Crippen LogP) is 3.92. The SMILES string of the molecule is CCN(CC)CCOC1CCN(CC(=O)N[C@H](c2ccc(F)cc2)c2cccs2)CC1. The van der Waals surface area contributed by atoms with Crippen molar-refractivity contribution >= 4 is 17.2 Å². The second-order valence-corrected chi connectivity index (χ2v) is 8.92. The lowest BCUT2D eigenvalue weighted by Gasteiger charge is -2.32. The maximum absolute atomic E-state index is 13.3. The summed E-state index contributed by atoms with van der Waals surface area (Å²) < 4.78 is 19.4. The number of nitrogens with one attached hydrogen (secondary N) is 1. The summed E-state index contributed by atoms with van der Waals surface area (Å²) in [5, 5.41) is 5.13. The summed E-state index contributed by atoms with van der Waals surface area (Å²) in [6.07, 6.45) is 2.20. The molecule has 1 aliphatic rings. The number of piperidine rings is 1. The van der Waals surface area contributed by atoms with E-state index in [1.165, 1.54) is 12.1 Å². The molecule has 1 aromatic heterocycles. The lowest BCUT2D eigenvalue weighted by Crippen LogP contribution is -2.44. The molecule has 0 radical (unpaired) electrons. The molecule has 3 rings (SSSR count). The smallest absolute Gasteiger partial charge is 0.234 e. The van der Waals surface area contributed by atoms with Crippen molar-refractivity contribution in [1.82, 2.24) is 15.1 Å². The molecule has 1 saturated heterocycles. The van der Waals surface area contributed by atoms with Crippen molar-refractivity contribution in [3.63, 3.8) is 0 Å². The van der Waals surface area contributed by atoms with E-state index in [9.17, 15) is 9.18 Å². The van der Waals surface area contributed by atoms with Crippen LogP contribution in [0.1, 0.15) is 43.2 Å². The summed E-state index contributed by atoms with van der Waals surface area (Å²) in [7, 11) is 0. The van der Waals surface area contributed by atoms with Gasteiger partial charge in [0.15, 0.2) is 0 Å². The van der Waals surface area contributed by atoms with Crippen LogP contribution < -0.4 is 5.32 Å². The molecule has 0 saturated carbocycles. The number of rotatable bonds is 11. The van der Waals surface area contributed by atoms with Crippen molar-refractivity contribution in [2.24, 2.45) is 0 Å². The van der Waals surface area contributed by atoms with Crippen LogP contribution in [-0.4, -0.2) is 67.7 Å². The number of nitrogens with zero attached hydrogens (tertiary/aromatic N) is 2. The van der Waals surface area contributed by atoms with Gasteiger partial charge < -0.3 is 15.0 Å². The number of benzene rings is 1. The van der Waals surface area contributed by atoms with Gasteiger partial charge in [-0.15, -0.1) is 11.3 Å². The van der Waals surface area contributed by atoms with Crippen LogP contribution in [0.4, 0.5) is 4.39 Å². The van der Waals surface area contributed by atoms with Crippen molar-refractivity contribution < 1.29 is 13.9 Å². The largest absolute Gasteiger partial charge is 0.377 e. The number of amides is 1. The van der Waals surface area contributed by atoms with Crippen LogP contribution in [0.2, 0.25) is 0 Å². The third kappa shape index (κ3) is 7.38. The number of ether oxygens (including phenoxy) is 1. The number of thiophene rings is 1. The van der Waals surface area contributed by atoms with Crippen molar-refractivity contribution in [2.75, 3.05) is 45.9 Å². The molecule has 31 heavy (non-hydrogen) atoms. The van der Waals surface area contributed by atoms with Crippen LogP contribution in [0.15, 0.2) is 41.8 Å². The zero-order chi connectivity index (χ0) is 22.1. The van der Waals surface area contributed by atoms with Crippen LogP contribution in [0, 0.1) is 5.82 Å². The predicted molar refractivity (Wildman–Crippen MR) is 124 cm³/mol. The van der Waals surface area contributed by atoms with Gasteiger partial charge in [-0.25, -0.2) is 4.39 Å². The lowest BCUT2D eigenvalue weighted by atomic mass is 10.0. The topological polar surface area (TPSA) is 44.8 Å². The van der Waals surface area contributed by atoms with Crippen LogP contribution in [0.25, 0.3) is 0 Å². The third-order valence-corrected chi connectivity index (χ3v) is 6.83. The monoisotopic (exact) mass is 447 g/mol. The number of likely N-dealkylation sites (tertiary alicyclic amines) is 1. The van der Waals surface area contributed by atoms with Crippen molar-refractivity contribution in [1.29, 1.82) is 0 Å². The molecule has 1 atom stereocenters. The first-order valence-electron chi connectivity index (χ1n) is 11.2. The van der Waals surface area contributed by atoms with E-state index >= 15 is 0 Å². The summed E-state index contributed by atoms with van der Waals surface area (Å²) in [4.78, 5) is 18.4. The van der Waals surface area contributed by atoms with Crippen LogP contribution in [0.5, 0.6) is 0 Å². The molecule has 1 fully saturated rings. The summed E-state index contributed by atoms with van der Waals surface area (Å²) in [6, 6.07) is 10.1. The van der Waals surface area contributed by atoms with E-state index in [1.54, 1.807) is 23.5 Å². The quantitative estimate of drug-likeness (QED) is 0.567. The molecule has 0 unspecified atom stereocenters. The normalized spacial score (nSPS) is 16.5. The van der Waals surface area contributed by atoms with Crippen LogP contribution in [0.3, 0.4) is 0 Å². The lowest BCUT2D eigenvalue weighted by molar-refractivity contribution is -0.123. The number of carbonyl (C=O) groups excluding carboxylic acids is 1. The van der Waals surface area contributed by atoms with Crippen LogP contribution in [-0.2, 0) is 9.53 Å². The van der Waals surface area contributed by atoms with Crippen molar-refractivity contribution in [3.8, 4) is 0 Å². The van der Waals surface area contributed by atoms with Gasteiger partial charge in [0.25, 0.3) is 0 Å². The van der Waals surface area contributed by atoms with E-state index in [2.05, 4.69) is 29.0 Å². The molecular weight excluding hydrogens is 413 g/mol. The Morgan fingerprint density at radius 2 is 1.94 bits per heavy atom. The Labute approximate surface area is 189 Å². The molecule has 7 heteroatoms. The fourth-order valence-electron chi connectivity index (χ4n) is 3.96. The van der Waals surface area contributed by atoms with Crippen molar-refractivity contribution in [3.05, 3.63) is 58.0 Å². The van der Waals surface area contributed by atoms with Gasteiger partial charge in [-0.1, -0.05) is 32.0 Å². The Kier molecular flexibility index (Phi) is 9.46. The Morgan fingerprint density at radius 3 is 2.55 bits per heavy atom. The average Bonchev–Trinajstić information content (AvgIpc) is 3.32. The van der Waals surface area contributed by atoms with Crippen LogP contribution >= 0.6 is 11.3 Å². The zero-order valence-electron chi connectivity index (χ0n) is 18.6. The maximum Gasteiger partial charge on any atom is 0.234 e. The molecule has 2 heterocycles. The number of halogens is 1. The molecule has 2 aromatic rings. The maximum atomic E-state index is 13.3. The first-order valence-corrected chi connectivity index (χ1v) is 12.1. The molecule has 1 aromatic carbocycles. The first kappa shape index (κ1) is 23.9. The fraction of sp³-hybridized carbons (Fsp3) is 0.542. The Morgan fingerprint density at radius 1 is 1.23 bits per heavy atom. The second-order valence-electron chi connectivity index (χ2n) is 7.94. The van der Waals surface area contributed by atoms with Gasteiger partial charge in [-0.05, 0) is 55.1 Å². The number of hydrogen-bond acceptors (Lipinski definition) is 5. The first-order chi connectivity index (χ1) is 15.1. The minimum absolute atomic E-state index is 0.0105. The minimum atomic E-state index is -0.276. The second kappa shape index (κ2) is 12.3. The van der Waals surface area contributed by atoms with Gasteiger partial charge in [-0.3, -0.25) is 9.69 Å². The molecule has 1 aliphatic heterocycles. The minimum Gasteiger partial charge on any atom is -0.377 e. The highest BCUT2D eigenvalue weighted by molar-refractivity contribution is 7.10. The van der Waals surface area contributed by atoms with E-state index in [4.69, 9.17) is 4.74 Å². The Balaban J connectivity index is 1.46. The van der Waals surface area contributed by atoms with Gasteiger partial charge >= 0.3 is 0 Å². The third-order valence-electron chi connectivity index (χ3n) is 5.89. The van der Waals surface area contributed by atoms with Crippen molar-refractivity contribution in [2.45, 2.75) is 38.8 Å². The highest BCUT2D eigenvalue weighted by Crippen LogP contribution is 2.26. The Hall–Kier alpha value is -1.80. The molecule has 1 N–H and O–H groups in total. The number of likely N-dealkylation sites (N-methyl/N-ethyl adjacent to an activating group) is 1.